The van der Waals surface area contributed by atoms with Gasteiger partial charge in [0.05, 0.1) is 16.5 Å². The molecule has 3 rings (SSSR count). The number of aliphatic carboxylic acids is 1. The molecule has 2 aromatic heterocycles. The second-order valence-corrected chi connectivity index (χ2v) is 9.21. The Bertz CT molecular complexity index is 1370. The lowest BCUT2D eigenvalue weighted by atomic mass is 10.1. The Hall–Kier alpha value is -4.03. The van der Waals surface area contributed by atoms with Crippen LogP contribution >= 0.6 is 0 Å². The number of nitrogens with one attached hydrogen (secondary N) is 1. The normalized spacial score (nSPS) is 12.8. The Morgan fingerprint density at radius 3 is 2.38 bits per heavy atom. The molecule has 0 spiro atoms. The molecule has 0 bridgehead atoms. The fourth-order valence-corrected chi connectivity index (χ4v) is 3.44. The summed E-state index contributed by atoms with van der Waals surface area (Å²) in [6, 6.07) is 2.49. The Labute approximate surface area is 208 Å². The molecule has 0 aliphatic heterocycles. The molecule has 9 nitrogen and oxygen atoms in total. The number of carbonyl (C=O) groups is 2. The van der Waals surface area contributed by atoms with Crippen molar-refractivity contribution < 1.29 is 37.0 Å². The van der Waals surface area contributed by atoms with Crippen molar-refractivity contribution in [2.75, 3.05) is 0 Å². The highest BCUT2D eigenvalue weighted by atomic mass is 19.4. The number of benzene rings is 1. The molecule has 0 unspecified atom stereocenters. The number of carbonyl (C=O) groups excluding carboxylic acids is 1. The first-order valence-electron chi connectivity index (χ1n) is 11.1. The molecule has 1 atom stereocenters. The quantitative estimate of drug-likeness (QED) is 0.440. The van der Waals surface area contributed by atoms with E-state index in [9.17, 15) is 37.1 Å². The first kappa shape index (κ1) is 27.6. The molecular formula is C24H24F4N4O5. The van der Waals surface area contributed by atoms with Gasteiger partial charge in [-0.25, -0.2) is 23.9 Å². The maximum Gasteiger partial charge on any atom is 0.419 e. The summed E-state index contributed by atoms with van der Waals surface area (Å²) in [5.41, 5.74) is -2.61. The van der Waals surface area contributed by atoms with Gasteiger partial charge in [-0.15, -0.1) is 0 Å². The van der Waals surface area contributed by atoms with Crippen molar-refractivity contribution in [3.05, 3.63) is 58.5 Å². The highest BCUT2D eigenvalue weighted by molar-refractivity contribution is 5.86. The zero-order valence-electron chi connectivity index (χ0n) is 20.1. The molecule has 198 valence electrons. The van der Waals surface area contributed by atoms with Gasteiger partial charge in [-0.3, -0.25) is 4.79 Å². The second kappa shape index (κ2) is 10.5. The van der Waals surface area contributed by atoms with E-state index < -0.39 is 46.8 Å². The van der Waals surface area contributed by atoms with E-state index in [1.807, 2.05) is 0 Å². The van der Waals surface area contributed by atoms with Crippen molar-refractivity contribution in [3.63, 3.8) is 0 Å². The maximum atomic E-state index is 14.8. The van der Waals surface area contributed by atoms with E-state index in [1.165, 1.54) is 22.9 Å². The van der Waals surface area contributed by atoms with Gasteiger partial charge in [0, 0.05) is 25.1 Å². The van der Waals surface area contributed by atoms with E-state index in [0.29, 0.717) is 17.8 Å². The maximum absolute atomic E-state index is 14.8. The first-order valence-corrected chi connectivity index (χ1v) is 11.1. The van der Waals surface area contributed by atoms with Gasteiger partial charge in [0.1, 0.15) is 17.5 Å². The number of carboxylic acids is 1. The minimum Gasteiger partial charge on any atom is -0.480 e. The van der Waals surface area contributed by atoms with E-state index >= 15 is 0 Å². The molecule has 2 N–H and O–H groups in total. The molecule has 13 heteroatoms. The molecule has 0 saturated carbocycles. The fourth-order valence-electron chi connectivity index (χ4n) is 3.44. The first-order chi connectivity index (χ1) is 17.2. The summed E-state index contributed by atoms with van der Waals surface area (Å²) in [7, 11) is 0. The molecule has 0 saturated heterocycles. The number of aryl methyl sites for hydroxylation is 1. The number of aromatic nitrogens is 3. The van der Waals surface area contributed by atoms with E-state index in [-0.39, 0.29) is 36.2 Å². The van der Waals surface area contributed by atoms with E-state index in [2.05, 4.69) is 15.3 Å². The second-order valence-electron chi connectivity index (χ2n) is 9.21. The van der Waals surface area contributed by atoms with E-state index in [1.54, 1.807) is 20.8 Å². The van der Waals surface area contributed by atoms with Gasteiger partial charge < -0.3 is 19.7 Å². The molecular weight excluding hydrogens is 500 g/mol. The number of alkyl halides is 3. The Balaban J connectivity index is 1.75. The number of halogens is 4. The number of fused-ring (bicyclic) bond motifs is 1. The number of hydrogen-bond donors (Lipinski definition) is 2. The number of rotatable bonds is 7. The topological polar surface area (TPSA) is 123 Å². The molecule has 0 fully saturated rings. The Morgan fingerprint density at radius 2 is 1.81 bits per heavy atom. The number of pyridine rings is 1. The average molecular weight is 524 g/mol. The molecule has 37 heavy (non-hydrogen) atoms. The number of ether oxygens (including phenoxy) is 1. The summed E-state index contributed by atoms with van der Waals surface area (Å²) in [6.45, 7) is 4.99. The Kier molecular flexibility index (Phi) is 7.84. The summed E-state index contributed by atoms with van der Waals surface area (Å²) >= 11 is 0. The lowest BCUT2D eigenvalue weighted by Gasteiger charge is -2.22. The minimum absolute atomic E-state index is 0.00237. The zero-order valence-corrected chi connectivity index (χ0v) is 20.1. The predicted molar refractivity (Wildman–Crippen MR) is 124 cm³/mol. The SMILES string of the molecule is CC(C)(C)OC(=O)N[C@H](CCCn1ccc2cc(-c3ncc(C(F)(F)F)cn3)c(F)cc2c1=O)C(=O)O. The molecule has 0 aliphatic carbocycles. The minimum atomic E-state index is -4.64. The van der Waals surface area contributed by atoms with Gasteiger partial charge in [0.15, 0.2) is 5.82 Å². The van der Waals surface area contributed by atoms with E-state index in [4.69, 9.17) is 4.74 Å². The number of carboxylic acid groups (broad SMARTS) is 1. The van der Waals surface area contributed by atoms with Crippen LogP contribution in [-0.2, 0) is 22.3 Å². The van der Waals surface area contributed by atoms with Gasteiger partial charge in [-0.1, -0.05) is 0 Å². The van der Waals surface area contributed by atoms with Crippen LogP contribution in [0.1, 0.15) is 39.2 Å². The van der Waals surface area contributed by atoms with Crippen LogP contribution in [-0.4, -0.2) is 43.3 Å². The summed E-state index contributed by atoms with van der Waals surface area (Å²) in [4.78, 5) is 43.4. The van der Waals surface area contributed by atoms with Crippen molar-refractivity contribution >= 4 is 22.8 Å². The zero-order chi connectivity index (χ0) is 27.5. The molecule has 1 aromatic carbocycles. The molecule has 2 heterocycles. The summed E-state index contributed by atoms with van der Waals surface area (Å²) in [5, 5.41) is 12.0. The van der Waals surface area contributed by atoms with Crippen molar-refractivity contribution in [1.29, 1.82) is 0 Å². The van der Waals surface area contributed by atoms with E-state index in [0.717, 1.165) is 6.07 Å². The summed E-state index contributed by atoms with van der Waals surface area (Å²) in [5.74, 6) is -2.43. The van der Waals surface area contributed by atoms with Crippen LogP contribution < -0.4 is 10.9 Å². The highest BCUT2D eigenvalue weighted by Crippen LogP contribution is 2.30. The number of nitrogens with zero attached hydrogens (tertiary/aromatic N) is 3. The number of alkyl carbamates (subject to hydrolysis) is 1. The van der Waals surface area contributed by atoms with Gasteiger partial charge in [-0.2, -0.15) is 13.2 Å². The van der Waals surface area contributed by atoms with Gasteiger partial charge in [0.2, 0.25) is 0 Å². The fraction of sp³-hybridized carbons (Fsp3) is 0.375. The van der Waals surface area contributed by atoms with Crippen LogP contribution in [0.2, 0.25) is 0 Å². The molecule has 0 aliphatic rings. The smallest absolute Gasteiger partial charge is 0.419 e. The van der Waals surface area contributed by atoms with Crippen LogP contribution in [0.25, 0.3) is 22.2 Å². The van der Waals surface area contributed by atoms with Crippen molar-refractivity contribution in [3.8, 4) is 11.4 Å². The highest BCUT2D eigenvalue weighted by Gasteiger charge is 2.31. The van der Waals surface area contributed by atoms with Gasteiger partial charge >= 0.3 is 18.2 Å². The molecule has 0 radical (unpaired) electrons. The lowest BCUT2D eigenvalue weighted by Crippen LogP contribution is -2.43. The average Bonchev–Trinajstić information content (AvgIpc) is 2.78. The number of amides is 1. The molecule has 3 aromatic rings. The predicted octanol–water partition coefficient (Wildman–Crippen LogP) is 4.37. The van der Waals surface area contributed by atoms with Crippen LogP contribution in [0, 0.1) is 5.82 Å². The van der Waals surface area contributed by atoms with Crippen LogP contribution in [0.15, 0.2) is 41.6 Å². The standard InChI is InChI=1S/C24H24F4N4O5/c1-23(2,3)37-22(36)31-18(21(34)35)5-4-7-32-8-6-13-9-16(17(25)10-15(13)20(32)33)19-29-11-14(12-30-19)24(26,27)28/h6,8-12,18H,4-5,7H2,1-3H3,(H,31,36)(H,34,35)/t18-/m1/s1. The molecule has 1 amide bonds. The van der Waals surface area contributed by atoms with Gasteiger partial charge in [-0.05, 0) is 57.2 Å². The lowest BCUT2D eigenvalue weighted by molar-refractivity contribution is -0.140. The summed E-state index contributed by atoms with van der Waals surface area (Å²) < 4.78 is 59.3. The third kappa shape index (κ3) is 7.02. The van der Waals surface area contributed by atoms with Crippen LogP contribution in [0.3, 0.4) is 0 Å². The third-order valence-corrected chi connectivity index (χ3v) is 5.17. The van der Waals surface area contributed by atoms with Crippen molar-refractivity contribution in [1.82, 2.24) is 19.9 Å². The van der Waals surface area contributed by atoms with Crippen LogP contribution in [0.4, 0.5) is 22.4 Å². The largest absolute Gasteiger partial charge is 0.480 e. The van der Waals surface area contributed by atoms with Crippen molar-refractivity contribution in [2.24, 2.45) is 0 Å². The number of hydrogen-bond acceptors (Lipinski definition) is 6. The summed E-state index contributed by atoms with van der Waals surface area (Å²) in [6.07, 6.45) is -2.81. The van der Waals surface area contributed by atoms with Crippen molar-refractivity contribution in [2.45, 2.75) is 58.0 Å². The third-order valence-electron chi connectivity index (χ3n) is 5.17. The van der Waals surface area contributed by atoms with Gasteiger partial charge in [0.25, 0.3) is 5.56 Å². The Morgan fingerprint density at radius 1 is 1.16 bits per heavy atom. The monoisotopic (exact) mass is 524 g/mol. The van der Waals surface area contributed by atoms with Crippen LogP contribution in [0.5, 0.6) is 0 Å².